The van der Waals surface area contributed by atoms with E-state index >= 15 is 0 Å². The first kappa shape index (κ1) is 18.9. The molecule has 2 heterocycles. The number of para-hydroxylation sites is 1. The van der Waals surface area contributed by atoms with Crippen LogP contribution in [0.2, 0.25) is 0 Å². The molecule has 0 saturated carbocycles. The largest absolute Gasteiger partial charge is 0.317 e. The van der Waals surface area contributed by atoms with Crippen LogP contribution in [0.1, 0.15) is 30.0 Å². The van der Waals surface area contributed by atoms with E-state index in [0.29, 0.717) is 11.4 Å². The summed E-state index contributed by atoms with van der Waals surface area (Å²) in [7, 11) is -3.71. The highest BCUT2D eigenvalue weighted by Gasteiger charge is 2.26. The van der Waals surface area contributed by atoms with Gasteiger partial charge in [-0.3, -0.25) is 0 Å². The minimum Gasteiger partial charge on any atom is -0.317 e. The van der Waals surface area contributed by atoms with Crippen molar-refractivity contribution < 1.29 is 8.42 Å². The normalized spacial score (nSPS) is 15.7. The van der Waals surface area contributed by atoms with E-state index in [1.807, 2.05) is 43.3 Å². The molecule has 0 aliphatic carbocycles. The molecule has 1 aromatic heterocycles. The van der Waals surface area contributed by atoms with E-state index in [2.05, 4.69) is 10.4 Å². The van der Waals surface area contributed by atoms with Crippen LogP contribution in [-0.2, 0) is 10.0 Å². The third kappa shape index (κ3) is 3.24. The predicted octanol–water partition coefficient (Wildman–Crippen LogP) is 3.47. The molecule has 26 heavy (non-hydrogen) atoms. The Bertz CT molecular complexity index is 1010. The molecule has 2 aromatic carbocycles. The summed E-state index contributed by atoms with van der Waals surface area (Å²) in [5, 5.41) is 8.87. The highest BCUT2D eigenvalue weighted by atomic mass is 35.5. The number of hydrogen-bond donors (Lipinski definition) is 1. The molecule has 0 atom stereocenters. The number of hydrogen-bond acceptors (Lipinski definition) is 4. The minimum atomic E-state index is -3.71. The van der Waals surface area contributed by atoms with Crippen molar-refractivity contribution in [2.24, 2.45) is 0 Å². The van der Waals surface area contributed by atoms with Gasteiger partial charge in [-0.2, -0.15) is 17.6 Å². The molecule has 1 N–H and O–H groups in total. The van der Waals surface area contributed by atoms with E-state index in [9.17, 15) is 8.42 Å². The Morgan fingerprint density at radius 1 is 1.04 bits per heavy atom. The first-order valence-electron chi connectivity index (χ1n) is 8.58. The molecule has 138 valence electrons. The third-order valence-corrected chi connectivity index (χ3v) is 6.46. The van der Waals surface area contributed by atoms with Gasteiger partial charge in [0.25, 0.3) is 10.0 Å². The molecular weight excluding hydrogens is 370 g/mol. The van der Waals surface area contributed by atoms with Crippen molar-refractivity contribution >= 4 is 33.3 Å². The van der Waals surface area contributed by atoms with Gasteiger partial charge in [0, 0.05) is 11.3 Å². The Morgan fingerprint density at radius 3 is 2.38 bits per heavy atom. The van der Waals surface area contributed by atoms with Crippen molar-refractivity contribution in [3.05, 3.63) is 59.8 Å². The lowest BCUT2D eigenvalue weighted by molar-refractivity contribution is 0.453. The predicted molar refractivity (Wildman–Crippen MR) is 106 cm³/mol. The number of piperidine rings is 1. The molecule has 0 spiro atoms. The minimum absolute atomic E-state index is 0. The molecular formula is C19H22ClN3O2S. The van der Waals surface area contributed by atoms with Gasteiger partial charge in [0.2, 0.25) is 0 Å². The SMILES string of the molecule is Cc1ccc(S(=O)(=O)n2nc(C3CCNCC3)c3ccccc32)cc1.Cl. The molecule has 1 aliphatic rings. The number of benzene rings is 2. The first-order chi connectivity index (χ1) is 12.1. The number of rotatable bonds is 3. The summed E-state index contributed by atoms with van der Waals surface area (Å²) in [6.45, 7) is 3.82. The lowest BCUT2D eigenvalue weighted by Gasteiger charge is -2.21. The molecule has 3 aromatic rings. The van der Waals surface area contributed by atoms with E-state index in [4.69, 9.17) is 0 Å². The summed E-state index contributed by atoms with van der Waals surface area (Å²) in [6.07, 6.45) is 1.96. The summed E-state index contributed by atoms with van der Waals surface area (Å²) in [5.41, 5.74) is 2.57. The molecule has 1 saturated heterocycles. The quantitative estimate of drug-likeness (QED) is 0.742. The number of nitrogens with one attached hydrogen (secondary N) is 1. The molecule has 1 fully saturated rings. The van der Waals surface area contributed by atoms with Crippen LogP contribution in [0.5, 0.6) is 0 Å². The van der Waals surface area contributed by atoms with E-state index < -0.39 is 10.0 Å². The molecule has 0 radical (unpaired) electrons. The number of nitrogens with zero attached hydrogens (tertiary/aromatic N) is 2. The van der Waals surface area contributed by atoms with E-state index in [0.717, 1.165) is 42.6 Å². The van der Waals surface area contributed by atoms with Crippen LogP contribution >= 0.6 is 12.4 Å². The monoisotopic (exact) mass is 391 g/mol. The average Bonchev–Trinajstić information content (AvgIpc) is 3.03. The van der Waals surface area contributed by atoms with Crippen molar-refractivity contribution in [3.8, 4) is 0 Å². The summed E-state index contributed by atoms with van der Waals surface area (Å²) >= 11 is 0. The second kappa shape index (κ2) is 7.39. The summed E-state index contributed by atoms with van der Waals surface area (Å²) in [5.74, 6) is 0.292. The Morgan fingerprint density at radius 2 is 1.69 bits per heavy atom. The first-order valence-corrected chi connectivity index (χ1v) is 10.0. The Kier molecular flexibility index (Phi) is 5.37. The number of aryl methyl sites for hydroxylation is 1. The number of halogens is 1. The van der Waals surface area contributed by atoms with Gasteiger partial charge >= 0.3 is 0 Å². The zero-order valence-electron chi connectivity index (χ0n) is 14.6. The molecule has 4 rings (SSSR count). The summed E-state index contributed by atoms with van der Waals surface area (Å²) in [6, 6.07) is 14.5. The van der Waals surface area contributed by atoms with Gasteiger partial charge in [0.15, 0.2) is 0 Å². The molecule has 0 unspecified atom stereocenters. The topological polar surface area (TPSA) is 64.0 Å². The van der Waals surface area contributed by atoms with Crippen LogP contribution in [0.4, 0.5) is 0 Å². The van der Waals surface area contributed by atoms with Gasteiger partial charge in [-0.1, -0.05) is 35.9 Å². The fourth-order valence-electron chi connectivity index (χ4n) is 3.45. The van der Waals surface area contributed by atoms with Gasteiger partial charge < -0.3 is 5.32 Å². The summed E-state index contributed by atoms with van der Waals surface area (Å²) < 4.78 is 27.5. The molecule has 7 heteroatoms. The average molecular weight is 392 g/mol. The highest BCUT2D eigenvalue weighted by molar-refractivity contribution is 7.90. The van der Waals surface area contributed by atoms with Gasteiger partial charge in [0.05, 0.1) is 16.1 Å². The van der Waals surface area contributed by atoms with Crippen LogP contribution in [0.3, 0.4) is 0 Å². The molecule has 5 nitrogen and oxygen atoms in total. The second-order valence-corrected chi connectivity index (χ2v) is 8.36. The molecule has 0 amide bonds. The Hall–Kier alpha value is -1.89. The maximum atomic E-state index is 13.1. The number of aromatic nitrogens is 2. The molecule has 1 aliphatic heterocycles. The fraction of sp³-hybridized carbons (Fsp3) is 0.316. The maximum absolute atomic E-state index is 13.1. The van der Waals surface area contributed by atoms with E-state index in [-0.39, 0.29) is 17.3 Å². The van der Waals surface area contributed by atoms with Crippen LogP contribution in [0.15, 0.2) is 53.4 Å². The van der Waals surface area contributed by atoms with Crippen LogP contribution in [0, 0.1) is 6.92 Å². The standard InChI is InChI=1S/C19H21N3O2S.ClH/c1-14-6-8-16(9-7-14)25(23,24)22-18-5-3-2-4-17(18)19(21-22)15-10-12-20-13-11-15;/h2-9,15,20H,10-13H2,1H3;1H. The second-order valence-electron chi connectivity index (χ2n) is 6.59. The van der Waals surface area contributed by atoms with Crippen molar-refractivity contribution in [3.63, 3.8) is 0 Å². The maximum Gasteiger partial charge on any atom is 0.283 e. The van der Waals surface area contributed by atoms with Crippen molar-refractivity contribution in [2.75, 3.05) is 13.1 Å². The Labute approximate surface area is 159 Å². The smallest absolute Gasteiger partial charge is 0.283 e. The zero-order chi connectivity index (χ0) is 17.4. The van der Waals surface area contributed by atoms with E-state index in [1.54, 1.807) is 12.1 Å². The number of fused-ring (bicyclic) bond motifs is 1. The van der Waals surface area contributed by atoms with Crippen molar-refractivity contribution in [1.29, 1.82) is 0 Å². The fourth-order valence-corrected chi connectivity index (χ4v) is 4.75. The van der Waals surface area contributed by atoms with Gasteiger partial charge in [-0.05, 0) is 51.1 Å². The van der Waals surface area contributed by atoms with Gasteiger partial charge in [-0.15, -0.1) is 12.4 Å². The Balaban J connectivity index is 0.00000196. The third-order valence-electron chi connectivity index (χ3n) is 4.86. The zero-order valence-corrected chi connectivity index (χ0v) is 16.2. The van der Waals surface area contributed by atoms with Crippen molar-refractivity contribution in [1.82, 2.24) is 14.5 Å². The summed E-state index contributed by atoms with van der Waals surface area (Å²) in [4.78, 5) is 0.267. The van der Waals surface area contributed by atoms with Gasteiger partial charge in [0.1, 0.15) is 0 Å². The van der Waals surface area contributed by atoms with Crippen molar-refractivity contribution in [2.45, 2.75) is 30.6 Å². The van der Waals surface area contributed by atoms with Crippen LogP contribution in [-0.4, -0.2) is 30.7 Å². The van der Waals surface area contributed by atoms with Crippen LogP contribution < -0.4 is 5.32 Å². The highest BCUT2D eigenvalue weighted by Crippen LogP contribution is 2.32. The lowest BCUT2D eigenvalue weighted by Crippen LogP contribution is -2.27. The van der Waals surface area contributed by atoms with Crippen LogP contribution in [0.25, 0.3) is 10.9 Å². The van der Waals surface area contributed by atoms with Gasteiger partial charge in [-0.25, -0.2) is 0 Å². The lowest BCUT2D eigenvalue weighted by atomic mass is 9.93. The van der Waals surface area contributed by atoms with E-state index in [1.165, 1.54) is 4.09 Å². The molecule has 0 bridgehead atoms.